The molecule has 1 N–H and O–H groups in total. The molecule has 1 aliphatic rings. The van der Waals surface area contributed by atoms with Gasteiger partial charge in [0.05, 0.1) is 0 Å². The molecule has 0 amide bonds. The molecule has 2 unspecified atom stereocenters. The first-order valence-electron chi connectivity index (χ1n) is 7.64. The van der Waals surface area contributed by atoms with Crippen LogP contribution in [0, 0.1) is 0 Å². The van der Waals surface area contributed by atoms with Crippen LogP contribution in [-0.4, -0.2) is 11.1 Å². The molecule has 2 atom stereocenters. The SMILES string of the molecule is CCc1cccc2c1OC(CC(C)c1ccc[nH]c1=O)C2. The maximum Gasteiger partial charge on any atom is 0.251 e. The van der Waals surface area contributed by atoms with Crippen molar-refractivity contribution >= 4 is 0 Å². The predicted molar refractivity (Wildman–Crippen MR) is 84.0 cm³/mol. The van der Waals surface area contributed by atoms with Gasteiger partial charge < -0.3 is 9.72 Å². The Balaban J connectivity index is 1.74. The van der Waals surface area contributed by atoms with E-state index in [1.165, 1.54) is 11.1 Å². The van der Waals surface area contributed by atoms with E-state index >= 15 is 0 Å². The minimum absolute atomic E-state index is 0.00904. The van der Waals surface area contributed by atoms with Gasteiger partial charge in [-0.1, -0.05) is 38.1 Å². The number of fused-ring (bicyclic) bond motifs is 1. The summed E-state index contributed by atoms with van der Waals surface area (Å²) < 4.78 is 6.15. The van der Waals surface area contributed by atoms with E-state index < -0.39 is 0 Å². The largest absolute Gasteiger partial charge is 0.489 e. The minimum atomic E-state index is 0.00904. The number of aromatic nitrogens is 1. The summed E-state index contributed by atoms with van der Waals surface area (Å²) in [5.41, 5.74) is 3.43. The third-order valence-electron chi connectivity index (χ3n) is 4.29. The molecule has 21 heavy (non-hydrogen) atoms. The molecule has 0 bridgehead atoms. The van der Waals surface area contributed by atoms with Crippen LogP contribution < -0.4 is 10.3 Å². The Morgan fingerprint density at radius 1 is 1.33 bits per heavy atom. The van der Waals surface area contributed by atoms with E-state index in [2.05, 4.69) is 37.0 Å². The van der Waals surface area contributed by atoms with Crippen LogP contribution in [0.5, 0.6) is 5.75 Å². The van der Waals surface area contributed by atoms with Crippen molar-refractivity contribution in [3.05, 3.63) is 63.6 Å². The molecule has 0 saturated carbocycles. The normalized spacial score (nSPS) is 18.1. The molecular formula is C18H21NO2. The van der Waals surface area contributed by atoms with Gasteiger partial charge in [0.25, 0.3) is 5.56 Å². The van der Waals surface area contributed by atoms with Gasteiger partial charge >= 0.3 is 0 Å². The number of benzene rings is 1. The van der Waals surface area contributed by atoms with Crippen molar-refractivity contribution in [1.82, 2.24) is 4.98 Å². The summed E-state index contributed by atoms with van der Waals surface area (Å²) in [6, 6.07) is 10.2. The lowest BCUT2D eigenvalue weighted by molar-refractivity contribution is 0.210. The Bertz CT molecular complexity index is 690. The van der Waals surface area contributed by atoms with Crippen molar-refractivity contribution in [2.45, 2.75) is 45.1 Å². The molecule has 2 aromatic rings. The van der Waals surface area contributed by atoms with Gasteiger partial charge in [-0.2, -0.15) is 0 Å². The van der Waals surface area contributed by atoms with Crippen LogP contribution in [-0.2, 0) is 12.8 Å². The number of nitrogens with one attached hydrogen (secondary N) is 1. The van der Waals surface area contributed by atoms with Crippen LogP contribution in [0.25, 0.3) is 0 Å². The molecule has 0 saturated heterocycles. The third kappa shape index (κ3) is 2.73. The van der Waals surface area contributed by atoms with Crippen molar-refractivity contribution in [2.75, 3.05) is 0 Å². The first-order chi connectivity index (χ1) is 10.2. The number of hydrogen-bond acceptors (Lipinski definition) is 2. The highest BCUT2D eigenvalue weighted by molar-refractivity contribution is 5.44. The Kier molecular flexibility index (Phi) is 3.82. The fraction of sp³-hybridized carbons (Fsp3) is 0.389. The summed E-state index contributed by atoms with van der Waals surface area (Å²) in [6.07, 6.45) is 4.64. The van der Waals surface area contributed by atoms with Crippen molar-refractivity contribution < 1.29 is 4.74 Å². The van der Waals surface area contributed by atoms with Gasteiger partial charge in [0, 0.05) is 18.2 Å². The fourth-order valence-electron chi connectivity index (χ4n) is 3.16. The van der Waals surface area contributed by atoms with Crippen molar-refractivity contribution in [3.8, 4) is 5.75 Å². The van der Waals surface area contributed by atoms with E-state index in [4.69, 9.17) is 4.74 Å². The van der Waals surface area contributed by atoms with E-state index in [1.54, 1.807) is 6.20 Å². The molecule has 2 heterocycles. The van der Waals surface area contributed by atoms with Gasteiger partial charge in [0.2, 0.25) is 0 Å². The number of pyridine rings is 1. The highest BCUT2D eigenvalue weighted by atomic mass is 16.5. The lowest BCUT2D eigenvalue weighted by Crippen LogP contribution is -2.20. The first kappa shape index (κ1) is 13.9. The maximum absolute atomic E-state index is 11.9. The van der Waals surface area contributed by atoms with Crippen LogP contribution in [0.4, 0.5) is 0 Å². The van der Waals surface area contributed by atoms with Crippen LogP contribution in [0.15, 0.2) is 41.3 Å². The number of rotatable bonds is 4. The topological polar surface area (TPSA) is 42.1 Å². The zero-order valence-electron chi connectivity index (χ0n) is 12.6. The maximum atomic E-state index is 11.9. The van der Waals surface area contributed by atoms with Gasteiger partial charge in [-0.05, 0) is 36.0 Å². The van der Waals surface area contributed by atoms with E-state index in [1.807, 2.05) is 12.1 Å². The van der Waals surface area contributed by atoms with Gasteiger partial charge in [0.15, 0.2) is 0 Å². The van der Waals surface area contributed by atoms with Gasteiger partial charge in [-0.15, -0.1) is 0 Å². The number of H-pyrrole nitrogens is 1. The van der Waals surface area contributed by atoms with Gasteiger partial charge in [-0.25, -0.2) is 0 Å². The highest BCUT2D eigenvalue weighted by Crippen LogP contribution is 2.35. The molecule has 0 aliphatic carbocycles. The zero-order valence-corrected chi connectivity index (χ0v) is 12.6. The number of hydrogen-bond donors (Lipinski definition) is 1. The molecular weight excluding hydrogens is 262 g/mol. The second-order valence-corrected chi connectivity index (χ2v) is 5.79. The van der Waals surface area contributed by atoms with Crippen LogP contribution in [0.2, 0.25) is 0 Å². The molecule has 0 radical (unpaired) electrons. The lowest BCUT2D eigenvalue weighted by atomic mass is 9.94. The van der Waals surface area contributed by atoms with E-state index in [0.29, 0.717) is 0 Å². The van der Waals surface area contributed by atoms with Crippen LogP contribution in [0.1, 0.15) is 42.9 Å². The van der Waals surface area contributed by atoms with Crippen molar-refractivity contribution in [1.29, 1.82) is 0 Å². The smallest absolute Gasteiger partial charge is 0.251 e. The molecule has 1 aromatic heterocycles. The summed E-state index contributed by atoms with van der Waals surface area (Å²) in [7, 11) is 0. The predicted octanol–water partition coefficient (Wildman–Crippen LogP) is 3.43. The zero-order chi connectivity index (χ0) is 14.8. The molecule has 3 rings (SSSR count). The summed E-state index contributed by atoms with van der Waals surface area (Å²) in [6.45, 7) is 4.25. The summed E-state index contributed by atoms with van der Waals surface area (Å²) in [4.78, 5) is 14.6. The fourth-order valence-corrected chi connectivity index (χ4v) is 3.16. The molecule has 3 heteroatoms. The molecule has 1 aliphatic heterocycles. The number of ether oxygens (including phenoxy) is 1. The van der Waals surface area contributed by atoms with Crippen molar-refractivity contribution in [2.24, 2.45) is 0 Å². The standard InChI is InChI=1S/C18H21NO2/c1-3-13-6-4-7-14-11-15(21-17(13)14)10-12(2)16-8-5-9-19-18(16)20/h4-9,12,15H,3,10-11H2,1-2H3,(H,19,20). The van der Waals surface area contributed by atoms with Gasteiger partial charge in [-0.3, -0.25) is 4.79 Å². The minimum Gasteiger partial charge on any atom is -0.489 e. The second kappa shape index (κ2) is 5.76. The Labute approximate surface area is 125 Å². The lowest BCUT2D eigenvalue weighted by Gasteiger charge is -2.17. The quantitative estimate of drug-likeness (QED) is 0.934. The molecule has 0 spiro atoms. The number of para-hydroxylation sites is 1. The number of aryl methyl sites for hydroxylation is 1. The molecule has 0 fully saturated rings. The van der Waals surface area contributed by atoms with E-state index in [0.717, 1.165) is 30.6 Å². The third-order valence-corrected chi connectivity index (χ3v) is 4.29. The summed E-state index contributed by atoms with van der Waals surface area (Å²) >= 11 is 0. The second-order valence-electron chi connectivity index (χ2n) is 5.79. The summed E-state index contributed by atoms with van der Waals surface area (Å²) in [5.74, 6) is 1.26. The van der Waals surface area contributed by atoms with Crippen molar-refractivity contribution in [3.63, 3.8) is 0 Å². The van der Waals surface area contributed by atoms with E-state index in [9.17, 15) is 4.79 Å². The van der Waals surface area contributed by atoms with Crippen LogP contribution in [0.3, 0.4) is 0 Å². The monoisotopic (exact) mass is 283 g/mol. The summed E-state index contributed by atoms with van der Waals surface area (Å²) in [5, 5.41) is 0. The number of aromatic amines is 1. The molecule has 3 nitrogen and oxygen atoms in total. The van der Waals surface area contributed by atoms with E-state index in [-0.39, 0.29) is 17.6 Å². The molecule has 110 valence electrons. The average molecular weight is 283 g/mol. The Morgan fingerprint density at radius 3 is 2.95 bits per heavy atom. The molecule has 1 aromatic carbocycles. The highest BCUT2D eigenvalue weighted by Gasteiger charge is 2.27. The average Bonchev–Trinajstić information content (AvgIpc) is 2.89. The van der Waals surface area contributed by atoms with Gasteiger partial charge in [0.1, 0.15) is 11.9 Å². The first-order valence-corrected chi connectivity index (χ1v) is 7.64. The Hall–Kier alpha value is -2.03. The Morgan fingerprint density at radius 2 is 2.19 bits per heavy atom. The van der Waals surface area contributed by atoms with Crippen LogP contribution >= 0.6 is 0 Å².